The average molecular weight is 374 g/mol. The Morgan fingerprint density at radius 2 is 1.62 bits per heavy atom. The van der Waals surface area contributed by atoms with E-state index in [2.05, 4.69) is 5.32 Å². The summed E-state index contributed by atoms with van der Waals surface area (Å²) in [6, 6.07) is -0.939. The van der Waals surface area contributed by atoms with Gasteiger partial charge in [0.1, 0.15) is 6.04 Å². The van der Waals surface area contributed by atoms with Gasteiger partial charge in [-0.2, -0.15) is 13.2 Å². The van der Waals surface area contributed by atoms with Crippen LogP contribution in [-0.4, -0.2) is 41.5 Å². The maximum absolute atomic E-state index is 13.0. The van der Waals surface area contributed by atoms with Gasteiger partial charge in [0.2, 0.25) is 11.8 Å². The highest BCUT2D eigenvalue weighted by Crippen LogP contribution is 2.37. The van der Waals surface area contributed by atoms with Gasteiger partial charge in [-0.25, -0.2) is 0 Å². The van der Waals surface area contributed by atoms with E-state index in [9.17, 15) is 22.8 Å². The van der Waals surface area contributed by atoms with E-state index in [1.165, 1.54) is 0 Å². The van der Waals surface area contributed by atoms with Crippen LogP contribution in [0, 0.1) is 11.8 Å². The first-order valence-electron chi connectivity index (χ1n) is 10.0. The molecule has 2 saturated carbocycles. The standard InChI is InChI=1S/C19H29F3N2O2/c20-19(21,22)14-8-4-9-15(12-14)23-17(25)16-10-5-11-24(16)18(26)13-6-2-1-3-7-13/h13-16H,1-12H2,(H,23,25). The van der Waals surface area contributed by atoms with Crippen LogP contribution >= 0.6 is 0 Å². The van der Waals surface area contributed by atoms with E-state index in [-0.39, 0.29) is 30.6 Å². The molecular formula is C19H29F3N2O2. The summed E-state index contributed by atoms with van der Waals surface area (Å²) in [5.41, 5.74) is 0. The molecule has 0 aromatic heterocycles. The lowest BCUT2D eigenvalue weighted by atomic mass is 9.85. The van der Waals surface area contributed by atoms with Gasteiger partial charge in [0.15, 0.2) is 0 Å². The molecule has 7 heteroatoms. The van der Waals surface area contributed by atoms with Crippen molar-refractivity contribution in [2.75, 3.05) is 6.54 Å². The Kier molecular flexibility index (Phi) is 6.13. The third-order valence-electron chi connectivity index (χ3n) is 6.28. The molecule has 0 aromatic rings. The lowest BCUT2D eigenvalue weighted by molar-refractivity contribution is -0.184. The molecule has 3 rings (SSSR count). The van der Waals surface area contributed by atoms with Crippen molar-refractivity contribution < 1.29 is 22.8 Å². The van der Waals surface area contributed by atoms with Crippen LogP contribution in [0.2, 0.25) is 0 Å². The van der Waals surface area contributed by atoms with Gasteiger partial charge in [-0.3, -0.25) is 9.59 Å². The third kappa shape index (κ3) is 4.52. The summed E-state index contributed by atoms with van der Waals surface area (Å²) in [4.78, 5) is 27.2. The highest BCUT2D eigenvalue weighted by atomic mass is 19.4. The zero-order chi connectivity index (χ0) is 18.7. The van der Waals surface area contributed by atoms with Crippen LogP contribution < -0.4 is 5.32 Å². The lowest BCUT2D eigenvalue weighted by Crippen LogP contribution is -2.51. The van der Waals surface area contributed by atoms with Gasteiger partial charge in [0, 0.05) is 18.5 Å². The first-order valence-corrected chi connectivity index (χ1v) is 10.0. The smallest absolute Gasteiger partial charge is 0.352 e. The second-order valence-corrected chi connectivity index (χ2v) is 8.14. The van der Waals surface area contributed by atoms with Crippen LogP contribution in [0.5, 0.6) is 0 Å². The molecular weight excluding hydrogens is 345 g/mol. The van der Waals surface area contributed by atoms with Gasteiger partial charge in [-0.05, 0) is 44.9 Å². The zero-order valence-electron chi connectivity index (χ0n) is 15.2. The van der Waals surface area contributed by atoms with Crippen molar-refractivity contribution in [2.24, 2.45) is 11.8 Å². The normalized spacial score (nSPS) is 31.0. The fourth-order valence-corrected chi connectivity index (χ4v) is 4.80. The van der Waals surface area contributed by atoms with E-state index in [1.54, 1.807) is 4.90 Å². The number of amides is 2. The van der Waals surface area contributed by atoms with Crippen molar-refractivity contribution >= 4 is 11.8 Å². The molecule has 3 atom stereocenters. The molecule has 1 N–H and O–H groups in total. The SMILES string of the molecule is O=C(NC1CCCC(C(F)(F)F)C1)C1CCCN1C(=O)C1CCCCC1. The van der Waals surface area contributed by atoms with Crippen LogP contribution in [0.15, 0.2) is 0 Å². The number of carbonyl (C=O) groups is 2. The Labute approximate surface area is 152 Å². The summed E-state index contributed by atoms with van der Waals surface area (Å²) in [7, 11) is 0. The van der Waals surface area contributed by atoms with E-state index in [1.807, 2.05) is 0 Å². The van der Waals surface area contributed by atoms with Crippen LogP contribution in [-0.2, 0) is 9.59 Å². The van der Waals surface area contributed by atoms with Crippen molar-refractivity contribution in [3.63, 3.8) is 0 Å². The molecule has 0 aromatic carbocycles. The predicted octanol–water partition coefficient (Wildman–Crippen LogP) is 3.80. The molecule has 0 spiro atoms. The fourth-order valence-electron chi connectivity index (χ4n) is 4.80. The molecule has 1 heterocycles. The lowest BCUT2D eigenvalue weighted by Gasteiger charge is -2.34. The second-order valence-electron chi connectivity index (χ2n) is 8.14. The van der Waals surface area contributed by atoms with Crippen molar-refractivity contribution in [2.45, 2.75) is 88.9 Å². The molecule has 0 radical (unpaired) electrons. The van der Waals surface area contributed by atoms with Crippen LogP contribution in [0.1, 0.15) is 70.6 Å². The first kappa shape index (κ1) is 19.5. The summed E-state index contributed by atoms with van der Waals surface area (Å²) < 4.78 is 38.9. The maximum Gasteiger partial charge on any atom is 0.391 e. The number of halogens is 3. The Bertz CT molecular complexity index is 517. The fraction of sp³-hybridized carbons (Fsp3) is 0.895. The molecule has 2 aliphatic carbocycles. The van der Waals surface area contributed by atoms with Crippen LogP contribution in [0.25, 0.3) is 0 Å². The van der Waals surface area contributed by atoms with Gasteiger partial charge in [0.05, 0.1) is 5.92 Å². The van der Waals surface area contributed by atoms with Crippen molar-refractivity contribution in [3.8, 4) is 0 Å². The van der Waals surface area contributed by atoms with Crippen LogP contribution in [0.4, 0.5) is 13.2 Å². The first-order chi connectivity index (χ1) is 12.4. The molecule has 4 nitrogen and oxygen atoms in total. The Morgan fingerprint density at radius 3 is 2.31 bits per heavy atom. The van der Waals surface area contributed by atoms with Crippen LogP contribution in [0.3, 0.4) is 0 Å². The number of nitrogens with zero attached hydrogens (tertiary/aromatic N) is 1. The Balaban J connectivity index is 1.57. The summed E-state index contributed by atoms with van der Waals surface area (Å²) in [6.45, 7) is 0.587. The number of alkyl halides is 3. The van der Waals surface area contributed by atoms with E-state index in [0.717, 1.165) is 38.5 Å². The summed E-state index contributed by atoms with van der Waals surface area (Å²) in [5.74, 6) is -1.51. The summed E-state index contributed by atoms with van der Waals surface area (Å²) >= 11 is 0. The topological polar surface area (TPSA) is 49.4 Å². The average Bonchev–Trinajstić information content (AvgIpc) is 3.11. The zero-order valence-corrected chi connectivity index (χ0v) is 15.2. The van der Waals surface area contributed by atoms with Crippen molar-refractivity contribution in [1.29, 1.82) is 0 Å². The summed E-state index contributed by atoms with van der Waals surface area (Å²) in [6.07, 6.45) is 3.42. The molecule has 3 unspecified atom stereocenters. The Morgan fingerprint density at radius 1 is 0.885 bits per heavy atom. The summed E-state index contributed by atoms with van der Waals surface area (Å²) in [5, 5.41) is 2.82. The minimum atomic E-state index is -4.19. The molecule has 148 valence electrons. The molecule has 0 bridgehead atoms. The largest absolute Gasteiger partial charge is 0.391 e. The molecule has 1 aliphatic heterocycles. The second kappa shape index (κ2) is 8.17. The molecule has 3 aliphatic rings. The van der Waals surface area contributed by atoms with Gasteiger partial charge in [-0.15, -0.1) is 0 Å². The molecule has 26 heavy (non-hydrogen) atoms. The number of carbonyl (C=O) groups excluding carboxylic acids is 2. The monoisotopic (exact) mass is 374 g/mol. The third-order valence-corrected chi connectivity index (χ3v) is 6.28. The number of hydrogen-bond acceptors (Lipinski definition) is 2. The minimum Gasteiger partial charge on any atom is -0.352 e. The number of rotatable bonds is 3. The molecule has 2 amide bonds. The number of likely N-dealkylation sites (tertiary alicyclic amines) is 1. The van der Waals surface area contributed by atoms with Crippen molar-refractivity contribution in [3.05, 3.63) is 0 Å². The van der Waals surface area contributed by atoms with E-state index < -0.39 is 24.2 Å². The quantitative estimate of drug-likeness (QED) is 0.817. The van der Waals surface area contributed by atoms with E-state index in [4.69, 9.17) is 0 Å². The minimum absolute atomic E-state index is 0.0152. The van der Waals surface area contributed by atoms with E-state index >= 15 is 0 Å². The maximum atomic E-state index is 13.0. The van der Waals surface area contributed by atoms with Gasteiger partial charge < -0.3 is 10.2 Å². The van der Waals surface area contributed by atoms with Crippen molar-refractivity contribution in [1.82, 2.24) is 10.2 Å². The predicted molar refractivity (Wildman–Crippen MR) is 91.3 cm³/mol. The highest BCUT2D eigenvalue weighted by Gasteiger charge is 2.43. The molecule has 1 saturated heterocycles. The highest BCUT2D eigenvalue weighted by molar-refractivity contribution is 5.89. The molecule has 3 fully saturated rings. The Hall–Kier alpha value is -1.27. The van der Waals surface area contributed by atoms with Gasteiger partial charge >= 0.3 is 6.18 Å². The number of hydrogen-bond donors (Lipinski definition) is 1. The van der Waals surface area contributed by atoms with E-state index in [0.29, 0.717) is 25.8 Å². The number of nitrogens with one attached hydrogen (secondary N) is 1. The van der Waals surface area contributed by atoms with Gasteiger partial charge in [0.25, 0.3) is 0 Å². The van der Waals surface area contributed by atoms with Gasteiger partial charge in [-0.1, -0.05) is 25.7 Å².